The van der Waals surface area contributed by atoms with Crippen LogP contribution in [0.25, 0.3) is 43.6 Å². The molecule has 0 radical (unpaired) electrons. The van der Waals surface area contributed by atoms with E-state index in [-0.39, 0.29) is 11.8 Å². The van der Waals surface area contributed by atoms with Crippen LogP contribution in [0.2, 0.25) is 5.02 Å². The van der Waals surface area contributed by atoms with E-state index in [4.69, 9.17) is 11.6 Å². The van der Waals surface area contributed by atoms with Gasteiger partial charge < -0.3 is 9.97 Å². The van der Waals surface area contributed by atoms with Crippen molar-refractivity contribution < 1.29 is 9.59 Å². The fraction of sp³-hybridized carbons (Fsp3) is 0. The molecular formula is C20H10ClN3O2. The molecule has 26 heavy (non-hydrogen) atoms. The first kappa shape index (κ1) is 13.9. The summed E-state index contributed by atoms with van der Waals surface area (Å²) in [5, 5.41) is 6.27. The smallest absolute Gasteiger partial charge is 0.259 e. The van der Waals surface area contributed by atoms with Crippen LogP contribution in [-0.4, -0.2) is 21.8 Å². The topological polar surface area (TPSA) is 77.8 Å². The number of halogens is 1. The monoisotopic (exact) mass is 359 g/mol. The van der Waals surface area contributed by atoms with Crippen LogP contribution in [0.1, 0.15) is 20.7 Å². The summed E-state index contributed by atoms with van der Waals surface area (Å²) in [7, 11) is 0. The lowest BCUT2D eigenvalue weighted by Gasteiger charge is -2.02. The van der Waals surface area contributed by atoms with Gasteiger partial charge in [0, 0.05) is 37.6 Å². The van der Waals surface area contributed by atoms with E-state index in [1.807, 2.05) is 36.4 Å². The molecule has 1 aliphatic heterocycles. The van der Waals surface area contributed by atoms with Crippen LogP contribution < -0.4 is 5.32 Å². The van der Waals surface area contributed by atoms with E-state index in [2.05, 4.69) is 15.3 Å². The quantitative estimate of drug-likeness (QED) is 0.356. The number of aromatic amines is 2. The molecule has 6 rings (SSSR count). The number of fused-ring (bicyclic) bond motifs is 10. The van der Waals surface area contributed by atoms with Crippen molar-refractivity contribution in [1.29, 1.82) is 0 Å². The minimum Gasteiger partial charge on any atom is -0.353 e. The third-order valence-electron chi connectivity index (χ3n) is 5.15. The van der Waals surface area contributed by atoms with Gasteiger partial charge in [-0.3, -0.25) is 14.9 Å². The van der Waals surface area contributed by atoms with E-state index in [1.54, 1.807) is 6.07 Å². The highest BCUT2D eigenvalue weighted by Crippen LogP contribution is 2.42. The third kappa shape index (κ3) is 1.52. The van der Waals surface area contributed by atoms with Crippen molar-refractivity contribution in [2.45, 2.75) is 0 Å². The van der Waals surface area contributed by atoms with Crippen molar-refractivity contribution in [3.63, 3.8) is 0 Å². The fourth-order valence-electron chi connectivity index (χ4n) is 4.13. The highest BCUT2D eigenvalue weighted by atomic mass is 35.5. The minimum atomic E-state index is -0.372. The Balaban J connectivity index is 2.01. The molecule has 0 bridgehead atoms. The molecule has 0 saturated heterocycles. The molecule has 5 nitrogen and oxygen atoms in total. The van der Waals surface area contributed by atoms with E-state index in [1.165, 1.54) is 0 Å². The third-order valence-corrected chi connectivity index (χ3v) is 5.38. The Hall–Kier alpha value is -3.31. The first-order valence-corrected chi connectivity index (χ1v) is 8.54. The number of carbonyl (C=O) groups excluding carboxylic acids is 2. The number of amides is 2. The summed E-state index contributed by atoms with van der Waals surface area (Å²) in [5.41, 5.74) is 4.24. The average Bonchev–Trinajstić information content (AvgIpc) is 3.26. The zero-order valence-electron chi connectivity index (χ0n) is 13.2. The highest BCUT2D eigenvalue weighted by Gasteiger charge is 2.34. The molecular weight excluding hydrogens is 350 g/mol. The van der Waals surface area contributed by atoms with Crippen molar-refractivity contribution in [3.8, 4) is 0 Å². The molecule has 2 amide bonds. The summed E-state index contributed by atoms with van der Waals surface area (Å²) in [6.45, 7) is 0. The van der Waals surface area contributed by atoms with Gasteiger partial charge in [-0.05, 0) is 24.3 Å². The minimum absolute atomic E-state index is 0.363. The maximum Gasteiger partial charge on any atom is 0.259 e. The number of nitrogens with one attached hydrogen (secondary N) is 3. The van der Waals surface area contributed by atoms with Gasteiger partial charge in [-0.2, -0.15) is 0 Å². The number of hydrogen-bond acceptors (Lipinski definition) is 2. The summed E-state index contributed by atoms with van der Waals surface area (Å²) in [6, 6.07) is 13.3. The molecule has 3 heterocycles. The van der Waals surface area contributed by atoms with Crippen molar-refractivity contribution in [2.75, 3.05) is 0 Å². The Kier molecular flexibility index (Phi) is 2.38. The lowest BCUT2D eigenvalue weighted by Crippen LogP contribution is -2.20. The number of para-hydroxylation sites is 1. The van der Waals surface area contributed by atoms with Gasteiger partial charge in [-0.25, -0.2) is 0 Å². The van der Waals surface area contributed by atoms with Crippen LogP contribution in [-0.2, 0) is 0 Å². The van der Waals surface area contributed by atoms with Gasteiger partial charge in [0.05, 0.1) is 22.2 Å². The molecule has 124 valence electrons. The Morgan fingerprint density at radius 3 is 2.08 bits per heavy atom. The predicted octanol–water partition coefficient (Wildman–Crippen LogP) is 4.49. The second-order valence-electron chi connectivity index (χ2n) is 6.52. The van der Waals surface area contributed by atoms with Crippen LogP contribution in [0.3, 0.4) is 0 Å². The lowest BCUT2D eigenvalue weighted by molar-refractivity contribution is 0.0880. The highest BCUT2D eigenvalue weighted by molar-refractivity contribution is 6.39. The first-order chi connectivity index (χ1) is 12.6. The molecule has 0 aliphatic carbocycles. The van der Waals surface area contributed by atoms with Gasteiger partial charge in [0.25, 0.3) is 11.8 Å². The van der Waals surface area contributed by atoms with Gasteiger partial charge in [-0.1, -0.05) is 29.8 Å². The molecule has 5 aromatic rings. The van der Waals surface area contributed by atoms with Crippen molar-refractivity contribution >= 4 is 67.0 Å². The number of H-pyrrole nitrogens is 2. The summed E-state index contributed by atoms with van der Waals surface area (Å²) >= 11 is 6.19. The van der Waals surface area contributed by atoms with Gasteiger partial charge >= 0.3 is 0 Å². The van der Waals surface area contributed by atoms with E-state index < -0.39 is 0 Å². The standard InChI is InChI=1S/C20H10ClN3O2/c21-8-5-6-12-10(7-8)14-16-15(19(25)24-20(16)26)13-9-3-1-2-4-11(9)22-17(13)18(14)23-12/h1-7,22-23H,(H,24,25,26). The van der Waals surface area contributed by atoms with Gasteiger partial charge in [-0.15, -0.1) is 0 Å². The molecule has 0 atom stereocenters. The van der Waals surface area contributed by atoms with Crippen LogP contribution in [0.5, 0.6) is 0 Å². The zero-order chi connectivity index (χ0) is 17.6. The number of carbonyl (C=O) groups is 2. The van der Waals surface area contributed by atoms with Crippen molar-refractivity contribution in [3.05, 3.63) is 58.6 Å². The van der Waals surface area contributed by atoms with Crippen LogP contribution in [0.15, 0.2) is 42.5 Å². The van der Waals surface area contributed by atoms with Gasteiger partial charge in [0.2, 0.25) is 0 Å². The molecule has 1 aliphatic rings. The number of hydrogen-bond donors (Lipinski definition) is 3. The van der Waals surface area contributed by atoms with Gasteiger partial charge in [0.1, 0.15) is 0 Å². The summed E-state index contributed by atoms with van der Waals surface area (Å²) < 4.78 is 0. The molecule has 0 fully saturated rings. The number of benzene rings is 3. The van der Waals surface area contributed by atoms with Crippen molar-refractivity contribution in [2.24, 2.45) is 0 Å². The summed E-state index contributed by atoms with van der Waals surface area (Å²) in [6.07, 6.45) is 0. The number of imide groups is 1. The second-order valence-corrected chi connectivity index (χ2v) is 6.96. The Bertz CT molecular complexity index is 1460. The molecule has 3 aromatic carbocycles. The van der Waals surface area contributed by atoms with Crippen LogP contribution >= 0.6 is 11.6 Å². The summed E-state index contributed by atoms with van der Waals surface area (Å²) in [5.74, 6) is -0.735. The SMILES string of the molecule is O=C1NC(=O)c2c1c1c3ccccc3[nH]c1c1[nH]c3ccc(Cl)cc3c21. The predicted molar refractivity (Wildman–Crippen MR) is 102 cm³/mol. The van der Waals surface area contributed by atoms with Crippen molar-refractivity contribution in [1.82, 2.24) is 15.3 Å². The average molecular weight is 360 g/mol. The largest absolute Gasteiger partial charge is 0.353 e. The van der Waals surface area contributed by atoms with E-state index >= 15 is 0 Å². The molecule has 3 N–H and O–H groups in total. The first-order valence-electron chi connectivity index (χ1n) is 8.16. The molecule has 6 heteroatoms. The molecule has 2 aromatic heterocycles. The van der Waals surface area contributed by atoms with Gasteiger partial charge in [0.15, 0.2) is 0 Å². The van der Waals surface area contributed by atoms with E-state index in [0.717, 1.165) is 43.6 Å². The molecule has 0 unspecified atom stereocenters. The molecule has 0 spiro atoms. The number of aromatic nitrogens is 2. The maximum absolute atomic E-state index is 12.6. The second kappa shape index (κ2) is 4.45. The Morgan fingerprint density at radius 1 is 0.731 bits per heavy atom. The maximum atomic E-state index is 12.6. The Labute approximate surface area is 150 Å². The molecule has 0 saturated carbocycles. The zero-order valence-corrected chi connectivity index (χ0v) is 14.0. The lowest BCUT2D eigenvalue weighted by atomic mass is 9.97. The Morgan fingerprint density at radius 2 is 1.35 bits per heavy atom. The van der Waals surface area contributed by atoms with E-state index in [0.29, 0.717) is 16.1 Å². The van der Waals surface area contributed by atoms with Crippen LogP contribution in [0, 0.1) is 0 Å². The number of rotatable bonds is 0. The van der Waals surface area contributed by atoms with Crippen LogP contribution in [0.4, 0.5) is 0 Å². The summed E-state index contributed by atoms with van der Waals surface area (Å²) in [4.78, 5) is 32.0. The normalized spacial score (nSPS) is 14.0. The van der Waals surface area contributed by atoms with E-state index in [9.17, 15) is 9.59 Å². The fourth-order valence-corrected chi connectivity index (χ4v) is 4.30.